The molecule has 1 fully saturated rings. The molecule has 1 N–H and O–H groups in total. The number of nitrogens with zero attached hydrogens (tertiary/aromatic N) is 1. The minimum atomic E-state index is -3.47. The number of rotatable bonds is 8. The van der Waals surface area contributed by atoms with Crippen molar-refractivity contribution < 1.29 is 18.4 Å². The van der Waals surface area contributed by atoms with Crippen molar-refractivity contribution in [2.75, 3.05) is 11.4 Å². The standard InChI is InChI=1S/C25H27ClF2N2O2/c1-3-17-18(13-14-30-21-8-6-5-7-19(21)25(27,28)24(30)32)22(17)20(4-2)29-23(31)15-9-11-16(26)12-10-15/h5-12,17-18,20,22H,3-4,13-14H2,1-2H3,(H,29,31)/t17-,18+,20?,22+/m1/s1. The van der Waals surface area contributed by atoms with Crippen LogP contribution in [0.5, 0.6) is 0 Å². The molecule has 0 saturated heterocycles. The van der Waals surface area contributed by atoms with Crippen molar-refractivity contribution in [2.45, 2.75) is 45.1 Å². The van der Waals surface area contributed by atoms with E-state index < -0.39 is 11.8 Å². The number of fused-ring (bicyclic) bond motifs is 1. The van der Waals surface area contributed by atoms with Crippen LogP contribution in [0.4, 0.5) is 14.5 Å². The van der Waals surface area contributed by atoms with Crippen molar-refractivity contribution in [3.05, 3.63) is 64.7 Å². The molecule has 1 aliphatic heterocycles. The van der Waals surface area contributed by atoms with Gasteiger partial charge in [0.15, 0.2) is 0 Å². The van der Waals surface area contributed by atoms with Gasteiger partial charge in [-0.25, -0.2) is 0 Å². The number of halogens is 3. The van der Waals surface area contributed by atoms with Crippen LogP contribution in [0.1, 0.15) is 49.0 Å². The summed E-state index contributed by atoms with van der Waals surface area (Å²) < 4.78 is 28.8. The SMILES string of the molecule is CCC(NC(=O)c1ccc(Cl)cc1)[C@H]1[C@H](CC)[C@@H]1CCN1C(=O)C(F)(F)c2ccccc21. The van der Waals surface area contributed by atoms with Gasteiger partial charge in [0.1, 0.15) is 0 Å². The lowest BCUT2D eigenvalue weighted by molar-refractivity contribution is -0.141. The summed E-state index contributed by atoms with van der Waals surface area (Å²) in [5, 5.41) is 3.72. The molecule has 1 unspecified atom stereocenters. The first-order chi connectivity index (χ1) is 15.3. The van der Waals surface area contributed by atoms with Gasteiger partial charge in [0.2, 0.25) is 0 Å². The summed E-state index contributed by atoms with van der Waals surface area (Å²) in [5.41, 5.74) is 0.640. The van der Waals surface area contributed by atoms with Gasteiger partial charge in [0.25, 0.3) is 5.91 Å². The lowest BCUT2D eigenvalue weighted by Crippen LogP contribution is -2.37. The third kappa shape index (κ3) is 4.01. The van der Waals surface area contributed by atoms with Gasteiger partial charge < -0.3 is 10.2 Å². The minimum Gasteiger partial charge on any atom is -0.349 e. The number of anilines is 1. The number of nitrogens with one attached hydrogen (secondary N) is 1. The molecule has 170 valence electrons. The van der Waals surface area contributed by atoms with E-state index in [1.807, 2.05) is 6.92 Å². The van der Waals surface area contributed by atoms with Crippen molar-refractivity contribution in [1.29, 1.82) is 0 Å². The molecule has 2 aliphatic rings. The largest absolute Gasteiger partial charge is 0.352 e. The second-order valence-corrected chi connectivity index (χ2v) is 9.08. The summed E-state index contributed by atoms with van der Waals surface area (Å²) >= 11 is 5.91. The van der Waals surface area contributed by atoms with Gasteiger partial charge in [-0.1, -0.05) is 50.1 Å². The Morgan fingerprint density at radius 1 is 1.12 bits per heavy atom. The van der Waals surface area contributed by atoms with Crippen LogP contribution in [0.3, 0.4) is 0 Å². The zero-order valence-electron chi connectivity index (χ0n) is 18.2. The molecule has 32 heavy (non-hydrogen) atoms. The van der Waals surface area contributed by atoms with E-state index in [1.54, 1.807) is 36.4 Å². The van der Waals surface area contributed by atoms with Crippen LogP contribution < -0.4 is 10.2 Å². The summed E-state index contributed by atoms with van der Waals surface area (Å²) in [5.74, 6) is -3.80. The van der Waals surface area contributed by atoms with Crippen LogP contribution in [0.15, 0.2) is 48.5 Å². The van der Waals surface area contributed by atoms with Crippen molar-refractivity contribution >= 4 is 29.1 Å². The van der Waals surface area contributed by atoms with Gasteiger partial charge in [-0.05, 0) is 60.9 Å². The van der Waals surface area contributed by atoms with E-state index in [1.165, 1.54) is 17.0 Å². The second kappa shape index (κ2) is 8.81. The zero-order chi connectivity index (χ0) is 23.0. The number of benzene rings is 2. The van der Waals surface area contributed by atoms with Gasteiger partial charge in [0, 0.05) is 23.2 Å². The summed E-state index contributed by atoms with van der Waals surface area (Å²) in [7, 11) is 0. The van der Waals surface area contributed by atoms with Crippen LogP contribution in [-0.4, -0.2) is 24.4 Å². The lowest BCUT2D eigenvalue weighted by Gasteiger charge is -2.19. The Bertz CT molecular complexity index is 1010. The summed E-state index contributed by atoms with van der Waals surface area (Å²) in [6.07, 6.45) is 2.36. The zero-order valence-corrected chi connectivity index (χ0v) is 18.9. The van der Waals surface area contributed by atoms with Crippen molar-refractivity contribution in [3.8, 4) is 0 Å². The maximum Gasteiger partial charge on any atom is 0.352 e. The number of carbonyl (C=O) groups excluding carboxylic acids is 2. The second-order valence-electron chi connectivity index (χ2n) is 8.65. The quantitative estimate of drug-likeness (QED) is 0.553. The molecular weight excluding hydrogens is 434 g/mol. The van der Waals surface area contributed by atoms with Crippen LogP contribution >= 0.6 is 11.6 Å². The van der Waals surface area contributed by atoms with E-state index in [9.17, 15) is 18.4 Å². The van der Waals surface area contributed by atoms with E-state index >= 15 is 0 Å². The first-order valence-electron chi connectivity index (χ1n) is 11.1. The Morgan fingerprint density at radius 2 is 1.81 bits per heavy atom. The Balaban J connectivity index is 1.42. The first kappa shape index (κ1) is 22.7. The molecular formula is C25H27ClF2N2O2. The summed E-state index contributed by atoms with van der Waals surface area (Å²) in [6.45, 7) is 4.40. The molecule has 1 heterocycles. The van der Waals surface area contributed by atoms with Crippen molar-refractivity contribution in [2.24, 2.45) is 17.8 Å². The molecule has 0 aromatic heterocycles. The molecule has 4 nitrogen and oxygen atoms in total. The van der Waals surface area contributed by atoms with E-state index in [-0.39, 0.29) is 35.9 Å². The van der Waals surface area contributed by atoms with E-state index in [0.717, 1.165) is 12.8 Å². The molecule has 1 aliphatic carbocycles. The molecule has 0 bridgehead atoms. The number of para-hydroxylation sites is 1. The fraction of sp³-hybridized carbons (Fsp3) is 0.440. The normalized spacial score (nSPS) is 24.2. The number of hydrogen-bond donors (Lipinski definition) is 1. The average Bonchev–Trinajstić information content (AvgIpc) is 3.45. The molecule has 1 saturated carbocycles. The molecule has 0 spiro atoms. The molecule has 2 aromatic carbocycles. The smallest absolute Gasteiger partial charge is 0.349 e. The van der Waals surface area contributed by atoms with Crippen LogP contribution in [0.2, 0.25) is 5.02 Å². The van der Waals surface area contributed by atoms with Gasteiger partial charge in [0.05, 0.1) is 11.3 Å². The highest BCUT2D eigenvalue weighted by atomic mass is 35.5. The minimum absolute atomic E-state index is 0.00358. The van der Waals surface area contributed by atoms with Gasteiger partial charge in [-0.2, -0.15) is 8.78 Å². The van der Waals surface area contributed by atoms with Crippen molar-refractivity contribution in [1.82, 2.24) is 5.32 Å². The molecule has 2 amide bonds. The highest BCUT2D eigenvalue weighted by Crippen LogP contribution is 2.54. The fourth-order valence-electron chi connectivity index (χ4n) is 5.25. The third-order valence-corrected chi connectivity index (χ3v) is 7.18. The van der Waals surface area contributed by atoms with Crippen LogP contribution in [0.25, 0.3) is 0 Å². The number of hydrogen-bond acceptors (Lipinski definition) is 2. The topological polar surface area (TPSA) is 49.4 Å². The Morgan fingerprint density at radius 3 is 2.47 bits per heavy atom. The van der Waals surface area contributed by atoms with Crippen LogP contribution in [0, 0.1) is 17.8 Å². The monoisotopic (exact) mass is 460 g/mol. The number of amides is 2. The Labute approximate surface area is 191 Å². The number of alkyl halides is 2. The predicted molar refractivity (Wildman–Crippen MR) is 121 cm³/mol. The highest BCUT2D eigenvalue weighted by Gasteiger charge is 2.55. The first-order valence-corrected chi connectivity index (χ1v) is 11.5. The van der Waals surface area contributed by atoms with Gasteiger partial charge in [-0.3, -0.25) is 9.59 Å². The maximum absolute atomic E-state index is 14.4. The van der Waals surface area contributed by atoms with Crippen LogP contribution in [-0.2, 0) is 10.7 Å². The molecule has 4 atom stereocenters. The van der Waals surface area contributed by atoms with Crippen molar-refractivity contribution in [3.63, 3.8) is 0 Å². The average molecular weight is 461 g/mol. The molecule has 0 radical (unpaired) electrons. The third-order valence-electron chi connectivity index (χ3n) is 6.93. The van der Waals surface area contributed by atoms with E-state index in [2.05, 4.69) is 12.2 Å². The summed E-state index contributed by atoms with van der Waals surface area (Å²) in [4.78, 5) is 26.3. The van der Waals surface area contributed by atoms with E-state index in [4.69, 9.17) is 11.6 Å². The highest BCUT2D eigenvalue weighted by molar-refractivity contribution is 6.30. The molecule has 4 rings (SSSR count). The van der Waals surface area contributed by atoms with E-state index in [0.29, 0.717) is 28.6 Å². The molecule has 7 heteroatoms. The predicted octanol–water partition coefficient (Wildman–Crippen LogP) is 5.65. The van der Waals surface area contributed by atoms with Gasteiger partial charge >= 0.3 is 11.8 Å². The lowest BCUT2D eigenvalue weighted by atomic mass is 10.0. The number of carbonyl (C=O) groups is 2. The van der Waals surface area contributed by atoms with Gasteiger partial charge in [-0.15, -0.1) is 0 Å². The maximum atomic E-state index is 14.4. The Hall–Kier alpha value is -2.47. The Kier molecular flexibility index (Phi) is 6.26. The molecule has 2 aromatic rings. The summed E-state index contributed by atoms with van der Waals surface area (Å²) in [6, 6.07) is 12.9. The fourth-order valence-corrected chi connectivity index (χ4v) is 5.37.